The van der Waals surface area contributed by atoms with Crippen molar-refractivity contribution in [3.63, 3.8) is 0 Å². The normalized spacial score (nSPS) is 11.4. The van der Waals surface area contributed by atoms with Crippen molar-refractivity contribution >= 4 is 61.5 Å². The molecule has 0 aromatic carbocycles. The van der Waals surface area contributed by atoms with Crippen LogP contribution in [0.4, 0.5) is 0 Å². The standard InChI is InChI=1S/C17H36O3S.K/c1-2-3-4-5-6-7-8-9-10-11-12-13-14-15-16-17-21(18,19)20;/h2-17H2,1H3,(H,18,19,20);. The van der Waals surface area contributed by atoms with E-state index < -0.39 is 10.1 Å². The van der Waals surface area contributed by atoms with Gasteiger partial charge in [0.15, 0.2) is 0 Å². The van der Waals surface area contributed by atoms with Crippen molar-refractivity contribution in [2.75, 3.05) is 5.75 Å². The summed E-state index contributed by atoms with van der Waals surface area (Å²) < 4.78 is 29.6. The van der Waals surface area contributed by atoms with Crippen molar-refractivity contribution in [2.24, 2.45) is 0 Å². The Morgan fingerprint density at radius 1 is 0.591 bits per heavy atom. The molecule has 1 radical (unpaired) electrons. The molecule has 0 aromatic rings. The zero-order valence-corrected chi connectivity index (χ0v) is 18.9. The van der Waals surface area contributed by atoms with Gasteiger partial charge in [0.25, 0.3) is 10.1 Å². The number of rotatable bonds is 16. The predicted octanol–water partition coefficient (Wildman–Crippen LogP) is 5.36. The van der Waals surface area contributed by atoms with Crippen LogP contribution in [0.3, 0.4) is 0 Å². The van der Waals surface area contributed by atoms with Gasteiger partial charge in [-0.1, -0.05) is 96.8 Å². The van der Waals surface area contributed by atoms with Crippen molar-refractivity contribution in [2.45, 2.75) is 103 Å². The molecule has 0 saturated carbocycles. The van der Waals surface area contributed by atoms with Crippen molar-refractivity contribution in [1.82, 2.24) is 0 Å². The van der Waals surface area contributed by atoms with Gasteiger partial charge in [0.2, 0.25) is 0 Å². The van der Waals surface area contributed by atoms with E-state index in [1.54, 1.807) is 0 Å². The summed E-state index contributed by atoms with van der Waals surface area (Å²) in [7, 11) is -3.74. The van der Waals surface area contributed by atoms with E-state index in [2.05, 4.69) is 6.92 Å². The number of unbranched alkanes of at least 4 members (excludes halogenated alkanes) is 14. The molecule has 0 spiro atoms. The van der Waals surface area contributed by atoms with Gasteiger partial charge in [0, 0.05) is 51.4 Å². The van der Waals surface area contributed by atoms with Crippen LogP contribution in [0.25, 0.3) is 0 Å². The van der Waals surface area contributed by atoms with Crippen LogP contribution in [0, 0.1) is 0 Å². The van der Waals surface area contributed by atoms with Gasteiger partial charge in [-0.15, -0.1) is 0 Å². The van der Waals surface area contributed by atoms with E-state index in [0.717, 1.165) is 12.8 Å². The molecule has 0 rings (SSSR count). The van der Waals surface area contributed by atoms with Crippen LogP contribution in [0.2, 0.25) is 0 Å². The largest absolute Gasteiger partial charge is 0.286 e. The SMILES string of the molecule is CCCCCCCCCCCCCCCCCS(=O)(=O)O.[K]. The van der Waals surface area contributed by atoms with E-state index in [4.69, 9.17) is 4.55 Å². The monoisotopic (exact) mass is 359 g/mol. The third-order valence-electron chi connectivity index (χ3n) is 4.01. The first-order valence-corrected chi connectivity index (χ1v) is 10.6. The topological polar surface area (TPSA) is 54.4 Å². The van der Waals surface area contributed by atoms with Crippen LogP contribution in [0.5, 0.6) is 0 Å². The Kier molecular flexibility index (Phi) is 22.1. The van der Waals surface area contributed by atoms with Crippen LogP contribution < -0.4 is 0 Å². The number of hydrogen-bond acceptors (Lipinski definition) is 2. The minimum Gasteiger partial charge on any atom is -0.286 e. The molecule has 0 amide bonds. The summed E-state index contributed by atoms with van der Waals surface area (Å²) in [5.74, 6) is -0.0781. The van der Waals surface area contributed by atoms with Crippen molar-refractivity contribution < 1.29 is 13.0 Å². The Balaban J connectivity index is 0. The molecule has 0 atom stereocenters. The van der Waals surface area contributed by atoms with Crippen LogP contribution in [0.15, 0.2) is 0 Å². The van der Waals surface area contributed by atoms with E-state index in [-0.39, 0.29) is 57.1 Å². The van der Waals surface area contributed by atoms with E-state index in [0.29, 0.717) is 6.42 Å². The number of hydrogen-bond donors (Lipinski definition) is 1. The summed E-state index contributed by atoms with van der Waals surface area (Å²) in [6, 6.07) is 0. The van der Waals surface area contributed by atoms with Crippen LogP contribution in [-0.4, -0.2) is 70.1 Å². The van der Waals surface area contributed by atoms with Crippen LogP contribution in [-0.2, 0) is 10.1 Å². The van der Waals surface area contributed by atoms with Crippen molar-refractivity contribution in [3.8, 4) is 0 Å². The second kappa shape index (κ2) is 18.9. The Morgan fingerprint density at radius 3 is 1.14 bits per heavy atom. The quantitative estimate of drug-likeness (QED) is 0.229. The maximum atomic E-state index is 10.5. The van der Waals surface area contributed by atoms with Gasteiger partial charge in [-0.3, -0.25) is 4.55 Å². The van der Waals surface area contributed by atoms with E-state index in [1.807, 2.05) is 0 Å². The zero-order chi connectivity index (χ0) is 15.8. The Labute approximate surface area is 181 Å². The maximum Gasteiger partial charge on any atom is 0.264 e. The third-order valence-corrected chi connectivity index (χ3v) is 4.81. The Hall–Kier alpha value is 1.55. The molecule has 0 saturated heterocycles. The first-order chi connectivity index (χ1) is 10.1. The molecule has 22 heavy (non-hydrogen) atoms. The van der Waals surface area contributed by atoms with Gasteiger partial charge in [-0.25, -0.2) is 0 Å². The van der Waals surface area contributed by atoms with Gasteiger partial charge in [0.1, 0.15) is 0 Å². The Bertz CT molecular complexity index is 305. The van der Waals surface area contributed by atoms with Gasteiger partial charge in [0.05, 0.1) is 5.75 Å². The fourth-order valence-electron chi connectivity index (χ4n) is 2.66. The minimum atomic E-state index is -3.74. The second-order valence-electron chi connectivity index (χ2n) is 6.24. The van der Waals surface area contributed by atoms with Gasteiger partial charge >= 0.3 is 0 Å². The molecule has 0 fully saturated rings. The summed E-state index contributed by atoms with van der Waals surface area (Å²) >= 11 is 0. The fraction of sp³-hybridized carbons (Fsp3) is 1.00. The summed E-state index contributed by atoms with van der Waals surface area (Å²) in [6.45, 7) is 2.26. The summed E-state index contributed by atoms with van der Waals surface area (Å²) in [5, 5.41) is 0. The smallest absolute Gasteiger partial charge is 0.264 e. The maximum absolute atomic E-state index is 10.5. The molecule has 5 heteroatoms. The first-order valence-electron chi connectivity index (χ1n) is 9.01. The van der Waals surface area contributed by atoms with Gasteiger partial charge < -0.3 is 0 Å². The minimum absolute atomic E-state index is 0. The molecule has 3 nitrogen and oxygen atoms in total. The van der Waals surface area contributed by atoms with E-state index in [9.17, 15) is 8.42 Å². The Morgan fingerprint density at radius 2 is 0.864 bits per heavy atom. The third kappa shape index (κ3) is 23.8. The summed E-state index contributed by atoms with van der Waals surface area (Å²) in [5.41, 5.74) is 0. The molecule has 0 unspecified atom stereocenters. The van der Waals surface area contributed by atoms with Crippen LogP contribution >= 0.6 is 0 Å². The molecule has 1 N–H and O–H groups in total. The molecular weight excluding hydrogens is 323 g/mol. The van der Waals surface area contributed by atoms with Crippen molar-refractivity contribution in [3.05, 3.63) is 0 Å². The molecule has 0 aromatic heterocycles. The average Bonchev–Trinajstić information content (AvgIpc) is 2.42. The van der Waals surface area contributed by atoms with Gasteiger partial charge in [-0.2, -0.15) is 8.42 Å². The van der Waals surface area contributed by atoms with E-state index in [1.165, 1.54) is 77.0 Å². The molecule has 0 aliphatic heterocycles. The molecule has 129 valence electrons. The summed E-state index contributed by atoms with van der Waals surface area (Å²) in [6.07, 6.45) is 18.8. The van der Waals surface area contributed by atoms with E-state index >= 15 is 0 Å². The van der Waals surface area contributed by atoms with Crippen LogP contribution in [0.1, 0.15) is 103 Å². The zero-order valence-electron chi connectivity index (χ0n) is 15.0. The molecule has 0 aliphatic rings. The first kappa shape index (κ1) is 25.8. The fourth-order valence-corrected chi connectivity index (χ4v) is 3.22. The van der Waals surface area contributed by atoms with Crippen molar-refractivity contribution in [1.29, 1.82) is 0 Å². The average molecular weight is 360 g/mol. The molecule has 0 aliphatic carbocycles. The molecule has 0 bridgehead atoms. The predicted molar refractivity (Wildman–Crippen MR) is 97.1 cm³/mol. The second-order valence-corrected chi connectivity index (χ2v) is 7.81. The summed E-state index contributed by atoms with van der Waals surface area (Å²) in [4.78, 5) is 0. The van der Waals surface area contributed by atoms with Gasteiger partial charge in [-0.05, 0) is 6.42 Å². The molecule has 0 heterocycles. The molecular formula is C17H36KO3S.